The van der Waals surface area contributed by atoms with Crippen molar-refractivity contribution in [2.24, 2.45) is 0 Å². The molecule has 0 atom stereocenters. The second-order valence-electron chi connectivity index (χ2n) is 9.12. The molecule has 0 bridgehead atoms. The summed E-state index contributed by atoms with van der Waals surface area (Å²) in [5.41, 5.74) is 5.10. The molecule has 0 saturated carbocycles. The number of thioether (sulfide) groups is 1. The minimum atomic E-state index is -0.400. The zero-order valence-electron chi connectivity index (χ0n) is 22.0. The molecule has 0 aliphatic carbocycles. The van der Waals surface area contributed by atoms with Crippen LogP contribution >= 0.6 is 35.7 Å². The minimum Gasteiger partial charge on any atom is -0.497 e. The van der Waals surface area contributed by atoms with E-state index in [9.17, 15) is 14.9 Å². The quantitative estimate of drug-likeness (QED) is 0.0911. The molecule has 1 aromatic heterocycles. The highest BCUT2D eigenvalue weighted by atomic mass is 32.2. The summed E-state index contributed by atoms with van der Waals surface area (Å²) in [4.78, 5) is 27.9. The summed E-state index contributed by atoms with van der Waals surface area (Å²) < 4.78 is 7.92. The fraction of sp³-hybridized carbons (Fsp3) is 0.133. The number of methoxy groups -OCH3 is 1. The van der Waals surface area contributed by atoms with Crippen molar-refractivity contribution in [1.82, 2.24) is 9.47 Å². The molecule has 0 N–H and O–H groups in total. The smallest absolute Gasteiger partial charge is 0.269 e. The van der Waals surface area contributed by atoms with Gasteiger partial charge in [0.2, 0.25) is 0 Å². The van der Waals surface area contributed by atoms with E-state index in [4.69, 9.17) is 17.0 Å². The third-order valence-electron chi connectivity index (χ3n) is 6.51. The zero-order valence-corrected chi connectivity index (χ0v) is 24.4. The van der Waals surface area contributed by atoms with Gasteiger partial charge in [0.15, 0.2) is 0 Å². The summed E-state index contributed by atoms with van der Waals surface area (Å²) in [5, 5.41) is 10.9. The molecule has 0 spiro atoms. The highest BCUT2D eigenvalue weighted by Gasteiger charge is 2.32. The van der Waals surface area contributed by atoms with Crippen LogP contribution < -0.4 is 4.74 Å². The van der Waals surface area contributed by atoms with Crippen LogP contribution in [-0.2, 0) is 11.3 Å². The molecule has 0 radical (unpaired) electrons. The Hall–Kier alpha value is -3.86. The van der Waals surface area contributed by atoms with Crippen LogP contribution in [0.1, 0.15) is 22.5 Å². The number of thiocarbonyl (C=S) groups is 1. The van der Waals surface area contributed by atoms with Crippen molar-refractivity contribution in [2.45, 2.75) is 30.2 Å². The minimum absolute atomic E-state index is 0.0773. The van der Waals surface area contributed by atoms with Crippen LogP contribution in [0.4, 0.5) is 5.69 Å². The molecule has 1 saturated heterocycles. The first-order valence-corrected chi connectivity index (χ1v) is 14.4. The second-order valence-corrected chi connectivity index (χ2v) is 11.9. The lowest BCUT2D eigenvalue weighted by Crippen LogP contribution is -2.27. The average molecular weight is 588 g/mol. The third-order valence-corrected chi connectivity index (χ3v) is 8.90. The Kier molecular flexibility index (Phi) is 8.11. The predicted molar refractivity (Wildman–Crippen MR) is 164 cm³/mol. The fourth-order valence-electron chi connectivity index (χ4n) is 4.46. The predicted octanol–water partition coefficient (Wildman–Crippen LogP) is 7.56. The van der Waals surface area contributed by atoms with Gasteiger partial charge >= 0.3 is 0 Å². The number of rotatable bonds is 8. The maximum absolute atomic E-state index is 13.2. The molecule has 2 heterocycles. The molecule has 1 aliphatic rings. The van der Waals surface area contributed by atoms with Crippen LogP contribution in [0.15, 0.2) is 93.6 Å². The summed E-state index contributed by atoms with van der Waals surface area (Å²) in [5.74, 6) is 0.672. The van der Waals surface area contributed by atoms with Crippen molar-refractivity contribution in [2.75, 3.05) is 7.11 Å². The Morgan fingerprint density at radius 3 is 2.23 bits per heavy atom. The van der Waals surface area contributed by atoms with Gasteiger partial charge in [-0.2, -0.15) is 0 Å². The lowest BCUT2D eigenvalue weighted by atomic mass is 10.2. The number of hydrogen-bond acceptors (Lipinski definition) is 7. The van der Waals surface area contributed by atoms with E-state index in [1.54, 1.807) is 35.9 Å². The molecule has 0 unspecified atom stereocenters. The van der Waals surface area contributed by atoms with E-state index >= 15 is 0 Å². The topological polar surface area (TPSA) is 77.6 Å². The number of carbonyl (C=O) groups is 1. The molecule has 10 heteroatoms. The summed E-state index contributed by atoms with van der Waals surface area (Å²) in [6.45, 7) is 4.49. The monoisotopic (exact) mass is 587 g/mol. The van der Waals surface area contributed by atoms with Crippen molar-refractivity contribution in [1.29, 1.82) is 0 Å². The first-order chi connectivity index (χ1) is 19.2. The maximum atomic E-state index is 13.2. The van der Waals surface area contributed by atoms with Gasteiger partial charge in [-0.15, -0.1) is 0 Å². The normalized spacial score (nSPS) is 14.3. The Balaban J connectivity index is 1.32. The highest BCUT2D eigenvalue weighted by molar-refractivity contribution is 8.26. The van der Waals surface area contributed by atoms with Gasteiger partial charge in [0, 0.05) is 39.0 Å². The van der Waals surface area contributed by atoms with Crippen LogP contribution in [0, 0.1) is 24.0 Å². The van der Waals surface area contributed by atoms with E-state index in [1.807, 2.05) is 68.5 Å². The number of aryl methyl sites for hydroxylation is 1. The molecule has 1 aliphatic heterocycles. The fourth-order valence-corrected chi connectivity index (χ4v) is 6.52. The van der Waals surface area contributed by atoms with Crippen LogP contribution in [0.2, 0.25) is 0 Å². The largest absolute Gasteiger partial charge is 0.497 e. The van der Waals surface area contributed by atoms with E-state index in [1.165, 1.54) is 23.9 Å². The summed E-state index contributed by atoms with van der Waals surface area (Å²) in [7, 11) is 1.62. The molecule has 1 amide bonds. The number of hydrogen-bond donors (Lipinski definition) is 0. The van der Waals surface area contributed by atoms with Crippen LogP contribution in [0.5, 0.6) is 5.75 Å². The van der Waals surface area contributed by atoms with E-state index in [0.717, 1.165) is 43.7 Å². The summed E-state index contributed by atoms with van der Waals surface area (Å²) in [6, 6.07) is 24.4. The van der Waals surface area contributed by atoms with Crippen LogP contribution in [0.3, 0.4) is 0 Å². The van der Waals surface area contributed by atoms with Gasteiger partial charge in [0.25, 0.3) is 11.6 Å². The first-order valence-electron chi connectivity index (χ1n) is 12.3. The van der Waals surface area contributed by atoms with Crippen LogP contribution in [-0.4, -0.2) is 31.7 Å². The first kappa shape index (κ1) is 27.7. The number of nitro groups is 1. The number of aromatic nitrogens is 1. The van der Waals surface area contributed by atoms with Gasteiger partial charge < -0.3 is 9.30 Å². The van der Waals surface area contributed by atoms with Crippen molar-refractivity contribution in [3.8, 4) is 11.4 Å². The van der Waals surface area contributed by atoms with Crippen LogP contribution in [0.25, 0.3) is 11.8 Å². The van der Waals surface area contributed by atoms with Crippen molar-refractivity contribution in [3.05, 3.63) is 116 Å². The Morgan fingerprint density at radius 1 is 1.00 bits per heavy atom. The molecular formula is C30H25N3O4S3. The molecule has 40 heavy (non-hydrogen) atoms. The number of benzene rings is 3. The lowest BCUT2D eigenvalue weighted by Gasteiger charge is -2.14. The molecule has 5 rings (SSSR count). The maximum Gasteiger partial charge on any atom is 0.269 e. The summed E-state index contributed by atoms with van der Waals surface area (Å²) >= 11 is 8.41. The number of ether oxygens (including phenoxy) is 1. The zero-order chi connectivity index (χ0) is 28.4. The van der Waals surface area contributed by atoms with E-state index < -0.39 is 4.92 Å². The lowest BCUT2D eigenvalue weighted by molar-refractivity contribution is -0.384. The number of nitro benzene ring substituents is 1. The molecule has 4 aromatic rings. The Labute approximate surface area is 246 Å². The Morgan fingerprint density at radius 2 is 1.62 bits per heavy atom. The van der Waals surface area contributed by atoms with Gasteiger partial charge in [0.1, 0.15) is 10.1 Å². The molecule has 3 aromatic carbocycles. The van der Waals surface area contributed by atoms with Crippen molar-refractivity contribution >= 4 is 57.7 Å². The van der Waals surface area contributed by atoms with Crippen molar-refractivity contribution in [3.63, 3.8) is 0 Å². The number of carbonyl (C=O) groups excluding carboxylic acids is 1. The molecular weight excluding hydrogens is 563 g/mol. The standard InChI is InChI=1S/C30H25N3O4S3/c1-19-16-22(17-28-29(34)31(30(38)40-28)18-21-4-10-25(37-3)11-5-21)20(2)32(19)23-6-12-26(13-7-23)39-27-14-8-24(9-15-27)33(35)36/h4-17H,18H2,1-3H3/b28-17-. The SMILES string of the molecule is COc1ccc(CN2C(=O)/C(=C/c3cc(C)n(-c4ccc(Sc5ccc([N+](=O)[O-])cc5)cc4)c3C)SC2=S)cc1. The molecule has 1 fully saturated rings. The molecule has 202 valence electrons. The number of amides is 1. The van der Waals surface area contributed by atoms with E-state index in [-0.39, 0.29) is 11.6 Å². The number of nitrogens with zero attached hydrogens (tertiary/aromatic N) is 3. The third kappa shape index (κ3) is 5.84. The molecule has 7 nitrogen and oxygen atoms in total. The van der Waals surface area contributed by atoms with Gasteiger partial charge in [-0.25, -0.2) is 0 Å². The van der Waals surface area contributed by atoms with Gasteiger partial charge in [-0.3, -0.25) is 19.8 Å². The second kappa shape index (κ2) is 11.7. The van der Waals surface area contributed by atoms with Crippen molar-refractivity contribution < 1.29 is 14.5 Å². The van der Waals surface area contributed by atoms with Gasteiger partial charge in [-0.05, 0) is 85.6 Å². The number of non-ortho nitro benzene ring substituents is 1. The van der Waals surface area contributed by atoms with E-state index in [0.29, 0.717) is 15.8 Å². The van der Waals surface area contributed by atoms with Gasteiger partial charge in [0.05, 0.1) is 23.5 Å². The average Bonchev–Trinajstić information content (AvgIpc) is 3.38. The Bertz CT molecular complexity index is 1630. The van der Waals surface area contributed by atoms with Gasteiger partial charge in [-0.1, -0.05) is 47.9 Å². The van der Waals surface area contributed by atoms with E-state index in [2.05, 4.69) is 10.6 Å². The highest BCUT2D eigenvalue weighted by Crippen LogP contribution is 2.35. The summed E-state index contributed by atoms with van der Waals surface area (Å²) in [6.07, 6.45) is 1.92.